The van der Waals surface area contributed by atoms with E-state index in [1.165, 1.54) is 6.20 Å². The van der Waals surface area contributed by atoms with E-state index in [1.54, 1.807) is 30.1 Å². The van der Waals surface area contributed by atoms with Gasteiger partial charge in [0.2, 0.25) is 0 Å². The molecule has 1 amide bonds. The van der Waals surface area contributed by atoms with Gasteiger partial charge in [-0.05, 0) is 30.7 Å². The van der Waals surface area contributed by atoms with Gasteiger partial charge in [-0.15, -0.1) is 0 Å². The summed E-state index contributed by atoms with van der Waals surface area (Å²) in [5.41, 5.74) is 2.03. The first-order chi connectivity index (χ1) is 9.88. The van der Waals surface area contributed by atoms with Crippen LogP contribution in [0.4, 0.5) is 0 Å². The summed E-state index contributed by atoms with van der Waals surface area (Å²) in [5, 5.41) is 1.35. The van der Waals surface area contributed by atoms with Crippen LogP contribution in [0, 0.1) is 6.92 Å². The van der Waals surface area contributed by atoms with E-state index in [0.717, 1.165) is 11.3 Å². The minimum Gasteiger partial charge on any atom is -0.337 e. The maximum Gasteiger partial charge on any atom is 0.256 e. The van der Waals surface area contributed by atoms with Crippen molar-refractivity contribution in [1.82, 2.24) is 9.88 Å². The van der Waals surface area contributed by atoms with E-state index in [2.05, 4.69) is 4.98 Å². The van der Waals surface area contributed by atoms with Crippen molar-refractivity contribution in [2.45, 2.75) is 13.5 Å². The lowest BCUT2D eigenvalue weighted by atomic mass is 10.2. The normalized spacial score (nSPS) is 10.5. The molecular formula is C15H13Cl3N2O. The molecule has 0 saturated heterocycles. The second-order valence-electron chi connectivity index (χ2n) is 4.72. The zero-order valence-corrected chi connectivity index (χ0v) is 13.8. The standard InChI is InChI=1S/C15H13Cl3N2O/c1-9-5-13(17)11(7-19-9)15(21)20(2)8-10-3-4-12(16)14(18)6-10/h3-7H,8H2,1-2H3. The first kappa shape index (κ1) is 16.1. The largest absolute Gasteiger partial charge is 0.337 e. The van der Waals surface area contributed by atoms with Crippen molar-refractivity contribution in [1.29, 1.82) is 0 Å². The van der Waals surface area contributed by atoms with E-state index in [9.17, 15) is 4.79 Å². The maximum atomic E-state index is 12.4. The Morgan fingerprint density at radius 2 is 1.86 bits per heavy atom. The molecule has 1 heterocycles. The molecule has 0 atom stereocenters. The Morgan fingerprint density at radius 3 is 2.48 bits per heavy atom. The van der Waals surface area contributed by atoms with E-state index in [-0.39, 0.29) is 5.91 Å². The minimum absolute atomic E-state index is 0.196. The van der Waals surface area contributed by atoms with E-state index < -0.39 is 0 Å². The second-order valence-corrected chi connectivity index (χ2v) is 5.94. The van der Waals surface area contributed by atoms with Gasteiger partial charge in [0.15, 0.2) is 0 Å². The predicted molar refractivity (Wildman–Crippen MR) is 86.2 cm³/mol. The third kappa shape index (κ3) is 3.88. The highest BCUT2D eigenvalue weighted by Gasteiger charge is 2.16. The van der Waals surface area contributed by atoms with Crippen molar-refractivity contribution in [2.24, 2.45) is 0 Å². The summed E-state index contributed by atoms with van der Waals surface area (Å²) in [6.07, 6.45) is 1.49. The van der Waals surface area contributed by atoms with Gasteiger partial charge >= 0.3 is 0 Å². The molecule has 0 aliphatic rings. The Kier molecular flexibility index (Phi) is 5.09. The summed E-state index contributed by atoms with van der Waals surface area (Å²) in [5.74, 6) is -0.196. The predicted octanol–water partition coefficient (Wildman–Crippen LogP) is 4.62. The number of hydrogen-bond acceptors (Lipinski definition) is 2. The number of pyridine rings is 1. The Morgan fingerprint density at radius 1 is 1.14 bits per heavy atom. The first-order valence-electron chi connectivity index (χ1n) is 6.20. The molecule has 6 heteroatoms. The molecule has 3 nitrogen and oxygen atoms in total. The van der Waals surface area contributed by atoms with Crippen LogP contribution in [0.2, 0.25) is 15.1 Å². The number of carbonyl (C=O) groups is 1. The minimum atomic E-state index is -0.196. The number of carbonyl (C=O) groups excluding carboxylic acids is 1. The lowest BCUT2D eigenvalue weighted by molar-refractivity contribution is 0.0785. The van der Waals surface area contributed by atoms with Gasteiger partial charge in [-0.2, -0.15) is 0 Å². The van der Waals surface area contributed by atoms with Crippen LogP contribution in [0.5, 0.6) is 0 Å². The van der Waals surface area contributed by atoms with Crippen molar-refractivity contribution in [3.63, 3.8) is 0 Å². The molecule has 0 saturated carbocycles. The molecule has 21 heavy (non-hydrogen) atoms. The fraction of sp³-hybridized carbons (Fsp3) is 0.200. The fourth-order valence-corrected chi connectivity index (χ4v) is 2.48. The van der Waals surface area contributed by atoms with Gasteiger partial charge in [0, 0.05) is 25.5 Å². The summed E-state index contributed by atoms with van der Waals surface area (Å²) in [4.78, 5) is 18.0. The van der Waals surface area contributed by atoms with Crippen molar-refractivity contribution < 1.29 is 4.79 Å². The number of hydrogen-bond donors (Lipinski definition) is 0. The molecule has 0 fully saturated rings. The van der Waals surface area contributed by atoms with Gasteiger partial charge in [-0.25, -0.2) is 0 Å². The second kappa shape index (κ2) is 6.65. The Balaban J connectivity index is 2.17. The SMILES string of the molecule is Cc1cc(Cl)c(C(=O)N(C)Cc2ccc(Cl)c(Cl)c2)cn1. The lowest BCUT2D eigenvalue weighted by Gasteiger charge is -2.18. The van der Waals surface area contributed by atoms with Crippen LogP contribution in [-0.4, -0.2) is 22.8 Å². The van der Waals surface area contributed by atoms with E-state index in [4.69, 9.17) is 34.8 Å². The Labute approximate surface area is 138 Å². The van der Waals surface area contributed by atoms with Crippen LogP contribution in [0.1, 0.15) is 21.6 Å². The van der Waals surface area contributed by atoms with Crippen LogP contribution in [-0.2, 0) is 6.54 Å². The number of rotatable bonds is 3. The topological polar surface area (TPSA) is 33.2 Å². The number of halogens is 3. The molecule has 1 aromatic heterocycles. The van der Waals surface area contributed by atoms with Crippen molar-refractivity contribution in [3.05, 3.63) is 62.4 Å². The van der Waals surface area contributed by atoms with Crippen LogP contribution in [0.25, 0.3) is 0 Å². The number of aryl methyl sites for hydroxylation is 1. The van der Waals surface area contributed by atoms with Gasteiger partial charge < -0.3 is 4.90 Å². The molecule has 2 rings (SSSR count). The fourth-order valence-electron chi connectivity index (χ4n) is 1.87. The van der Waals surface area contributed by atoms with Crippen molar-refractivity contribution in [3.8, 4) is 0 Å². The molecule has 0 aliphatic heterocycles. The van der Waals surface area contributed by atoms with E-state index in [0.29, 0.717) is 27.2 Å². The smallest absolute Gasteiger partial charge is 0.256 e. The maximum absolute atomic E-state index is 12.4. The van der Waals surface area contributed by atoms with Gasteiger partial charge in [0.05, 0.1) is 20.6 Å². The highest BCUT2D eigenvalue weighted by molar-refractivity contribution is 6.42. The van der Waals surface area contributed by atoms with Crippen LogP contribution in [0.15, 0.2) is 30.5 Å². The number of amides is 1. The molecule has 0 N–H and O–H groups in total. The molecule has 2 aromatic rings. The Hall–Kier alpha value is -1.29. The quantitative estimate of drug-likeness (QED) is 0.814. The van der Waals surface area contributed by atoms with Crippen LogP contribution < -0.4 is 0 Å². The molecule has 0 bridgehead atoms. The monoisotopic (exact) mass is 342 g/mol. The van der Waals surface area contributed by atoms with Gasteiger partial charge in [0.1, 0.15) is 0 Å². The molecular weight excluding hydrogens is 331 g/mol. The average Bonchev–Trinajstić information content (AvgIpc) is 2.42. The molecule has 0 spiro atoms. The summed E-state index contributed by atoms with van der Waals surface area (Å²) in [6, 6.07) is 6.94. The summed E-state index contributed by atoms with van der Waals surface area (Å²) in [6.45, 7) is 2.22. The highest BCUT2D eigenvalue weighted by Crippen LogP contribution is 2.24. The third-order valence-electron chi connectivity index (χ3n) is 2.97. The molecule has 0 unspecified atom stereocenters. The number of nitrogens with zero attached hydrogens (tertiary/aromatic N) is 2. The van der Waals surface area contributed by atoms with Gasteiger partial charge in [0.25, 0.3) is 5.91 Å². The number of aromatic nitrogens is 1. The summed E-state index contributed by atoms with van der Waals surface area (Å²) in [7, 11) is 1.70. The van der Waals surface area contributed by atoms with Crippen LogP contribution in [0.3, 0.4) is 0 Å². The zero-order valence-electron chi connectivity index (χ0n) is 11.5. The first-order valence-corrected chi connectivity index (χ1v) is 7.33. The van der Waals surface area contributed by atoms with Crippen molar-refractivity contribution >= 4 is 40.7 Å². The number of benzene rings is 1. The zero-order chi connectivity index (χ0) is 15.6. The third-order valence-corrected chi connectivity index (χ3v) is 4.02. The molecule has 110 valence electrons. The molecule has 0 aliphatic carbocycles. The Bertz CT molecular complexity index is 689. The molecule has 0 radical (unpaired) electrons. The van der Waals surface area contributed by atoms with Crippen LogP contribution >= 0.6 is 34.8 Å². The van der Waals surface area contributed by atoms with E-state index >= 15 is 0 Å². The molecule has 1 aromatic carbocycles. The average molecular weight is 344 g/mol. The highest BCUT2D eigenvalue weighted by atomic mass is 35.5. The summed E-state index contributed by atoms with van der Waals surface area (Å²) >= 11 is 17.9. The van der Waals surface area contributed by atoms with E-state index in [1.807, 2.05) is 13.0 Å². The summed E-state index contributed by atoms with van der Waals surface area (Å²) < 4.78 is 0. The van der Waals surface area contributed by atoms with Gasteiger partial charge in [-0.1, -0.05) is 40.9 Å². The van der Waals surface area contributed by atoms with Gasteiger partial charge in [-0.3, -0.25) is 9.78 Å². The van der Waals surface area contributed by atoms with Crippen molar-refractivity contribution in [2.75, 3.05) is 7.05 Å². The lowest BCUT2D eigenvalue weighted by Crippen LogP contribution is -2.26.